The maximum absolute atomic E-state index is 14.4. The molecule has 3 rings (SSSR count). The van der Waals surface area contributed by atoms with E-state index in [1.165, 1.54) is 6.07 Å². The normalized spacial score (nSPS) is 11.3. The van der Waals surface area contributed by atoms with Gasteiger partial charge in [-0.3, -0.25) is 19.1 Å². The lowest BCUT2D eigenvalue weighted by Crippen LogP contribution is -2.35. The smallest absolute Gasteiger partial charge is 0.310 e. The third kappa shape index (κ3) is 5.82. The minimum atomic E-state index is -3.60. The molecular formula is C21H21ClF2N6O3. The number of hydrogen-bond acceptors (Lipinski definition) is 7. The highest BCUT2D eigenvalue weighted by Crippen LogP contribution is 2.32. The molecule has 0 aliphatic heterocycles. The zero-order valence-electron chi connectivity index (χ0n) is 17.3. The lowest BCUT2D eigenvalue weighted by Gasteiger charge is -2.18. The molecule has 3 aromatic rings. The number of nitrogens with two attached hydrogens (primary N) is 1. The van der Waals surface area contributed by atoms with Gasteiger partial charge < -0.3 is 21.5 Å². The molecule has 0 radical (unpaired) electrons. The zero-order valence-corrected chi connectivity index (χ0v) is 18.0. The van der Waals surface area contributed by atoms with E-state index in [0.717, 1.165) is 34.2 Å². The second-order valence-electron chi connectivity index (χ2n) is 7.00. The van der Waals surface area contributed by atoms with Crippen molar-refractivity contribution in [3.8, 4) is 5.75 Å². The molecule has 12 heteroatoms. The minimum absolute atomic E-state index is 0.141. The molecule has 0 aliphatic carbocycles. The SMILES string of the molecule is NCc1ccccc1CNC(=O)Cn1c(Cl)cnc(NCC(F)(F)c2ncccc2O)c1=O. The van der Waals surface area contributed by atoms with E-state index < -0.39 is 47.7 Å². The molecule has 0 saturated carbocycles. The number of alkyl halides is 2. The lowest BCUT2D eigenvalue weighted by atomic mass is 10.1. The number of amides is 1. The van der Waals surface area contributed by atoms with Crippen LogP contribution in [0.15, 0.2) is 53.6 Å². The van der Waals surface area contributed by atoms with Gasteiger partial charge in [-0.15, -0.1) is 0 Å². The third-order valence-electron chi connectivity index (χ3n) is 4.73. The molecule has 2 aromatic heterocycles. The predicted molar refractivity (Wildman–Crippen MR) is 118 cm³/mol. The number of nitrogens with one attached hydrogen (secondary N) is 2. The molecule has 0 spiro atoms. The van der Waals surface area contributed by atoms with Gasteiger partial charge in [-0.2, -0.15) is 8.78 Å². The van der Waals surface area contributed by atoms with Gasteiger partial charge in [-0.05, 0) is 23.3 Å². The van der Waals surface area contributed by atoms with Gasteiger partial charge >= 0.3 is 5.92 Å². The Hall–Kier alpha value is -3.57. The zero-order chi connectivity index (χ0) is 24.0. The number of halogens is 3. The highest BCUT2D eigenvalue weighted by atomic mass is 35.5. The van der Waals surface area contributed by atoms with Gasteiger partial charge in [0.2, 0.25) is 5.91 Å². The quantitative estimate of drug-likeness (QED) is 0.369. The molecule has 33 heavy (non-hydrogen) atoms. The van der Waals surface area contributed by atoms with Crippen LogP contribution in [0.2, 0.25) is 5.15 Å². The molecule has 0 saturated heterocycles. The Kier molecular flexibility index (Phi) is 7.56. The maximum Gasteiger partial charge on any atom is 0.310 e. The number of benzene rings is 1. The molecule has 1 aromatic carbocycles. The second kappa shape index (κ2) is 10.4. The van der Waals surface area contributed by atoms with Crippen molar-refractivity contribution < 1.29 is 18.7 Å². The Bertz CT molecular complexity index is 1200. The van der Waals surface area contributed by atoms with Crippen LogP contribution in [0.25, 0.3) is 0 Å². The van der Waals surface area contributed by atoms with Crippen LogP contribution in [0.4, 0.5) is 14.6 Å². The average Bonchev–Trinajstić information content (AvgIpc) is 2.80. The fourth-order valence-electron chi connectivity index (χ4n) is 3.02. The van der Waals surface area contributed by atoms with Crippen molar-refractivity contribution in [2.75, 3.05) is 11.9 Å². The maximum atomic E-state index is 14.4. The van der Waals surface area contributed by atoms with Crippen LogP contribution in [-0.2, 0) is 30.4 Å². The molecule has 1 amide bonds. The largest absolute Gasteiger partial charge is 0.506 e. The number of carbonyl (C=O) groups is 1. The summed E-state index contributed by atoms with van der Waals surface area (Å²) in [7, 11) is 0. The number of aromatic nitrogens is 3. The van der Waals surface area contributed by atoms with Crippen molar-refractivity contribution in [1.29, 1.82) is 0 Å². The van der Waals surface area contributed by atoms with Crippen molar-refractivity contribution in [2.45, 2.75) is 25.6 Å². The first-order valence-electron chi connectivity index (χ1n) is 9.78. The number of rotatable bonds is 9. The van der Waals surface area contributed by atoms with E-state index >= 15 is 0 Å². The van der Waals surface area contributed by atoms with Gasteiger partial charge in [-0.1, -0.05) is 35.9 Å². The van der Waals surface area contributed by atoms with Crippen molar-refractivity contribution >= 4 is 23.3 Å². The summed E-state index contributed by atoms with van der Waals surface area (Å²) in [4.78, 5) is 32.3. The molecule has 0 bridgehead atoms. The predicted octanol–water partition coefficient (Wildman–Crippen LogP) is 1.98. The van der Waals surface area contributed by atoms with E-state index in [1.54, 1.807) is 0 Å². The third-order valence-corrected chi connectivity index (χ3v) is 5.03. The van der Waals surface area contributed by atoms with E-state index in [-0.39, 0.29) is 11.7 Å². The first-order chi connectivity index (χ1) is 15.7. The molecule has 0 aliphatic rings. The molecule has 0 fully saturated rings. The van der Waals surface area contributed by atoms with Crippen molar-refractivity contribution in [2.24, 2.45) is 5.73 Å². The molecular weight excluding hydrogens is 458 g/mol. The van der Waals surface area contributed by atoms with Gasteiger partial charge in [0, 0.05) is 19.3 Å². The first kappa shape index (κ1) is 24.1. The Balaban J connectivity index is 1.70. The number of aromatic hydroxyl groups is 1. The summed E-state index contributed by atoms with van der Waals surface area (Å²) in [5, 5.41) is 14.4. The summed E-state index contributed by atoms with van der Waals surface area (Å²) in [6.45, 7) is -1.02. The highest BCUT2D eigenvalue weighted by Gasteiger charge is 2.36. The first-order valence-corrected chi connectivity index (χ1v) is 10.2. The Labute approximate surface area is 192 Å². The molecule has 5 N–H and O–H groups in total. The number of carbonyl (C=O) groups excluding carboxylic acids is 1. The van der Waals surface area contributed by atoms with Crippen LogP contribution in [0.1, 0.15) is 16.8 Å². The highest BCUT2D eigenvalue weighted by molar-refractivity contribution is 6.29. The fourth-order valence-corrected chi connectivity index (χ4v) is 3.20. The second-order valence-corrected chi connectivity index (χ2v) is 7.39. The van der Waals surface area contributed by atoms with E-state index in [1.807, 2.05) is 24.3 Å². The summed E-state index contributed by atoms with van der Waals surface area (Å²) in [5.41, 5.74) is 5.66. The van der Waals surface area contributed by atoms with Gasteiger partial charge in [0.15, 0.2) is 11.5 Å². The Morgan fingerprint density at radius 2 is 1.91 bits per heavy atom. The van der Waals surface area contributed by atoms with Crippen LogP contribution >= 0.6 is 11.6 Å². The summed E-state index contributed by atoms with van der Waals surface area (Å²) in [6.07, 6.45) is 2.18. The van der Waals surface area contributed by atoms with Crippen molar-refractivity contribution in [3.05, 3.63) is 81.1 Å². The number of pyridine rings is 1. The minimum Gasteiger partial charge on any atom is -0.506 e. The van der Waals surface area contributed by atoms with Crippen LogP contribution in [-0.4, -0.2) is 32.1 Å². The Morgan fingerprint density at radius 3 is 2.61 bits per heavy atom. The van der Waals surface area contributed by atoms with Gasteiger partial charge in [0.25, 0.3) is 5.56 Å². The van der Waals surface area contributed by atoms with Gasteiger partial charge in [-0.25, -0.2) is 4.98 Å². The van der Waals surface area contributed by atoms with Crippen LogP contribution in [0.5, 0.6) is 5.75 Å². The van der Waals surface area contributed by atoms with Crippen LogP contribution in [0.3, 0.4) is 0 Å². The van der Waals surface area contributed by atoms with Gasteiger partial charge in [0.05, 0.1) is 12.7 Å². The van der Waals surface area contributed by atoms with Crippen molar-refractivity contribution in [1.82, 2.24) is 19.9 Å². The van der Waals surface area contributed by atoms with E-state index in [4.69, 9.17) is 17.3 Å². The molecule has 174 valence electrons. The van der Waals surface area contributed by atoms with Crippen LogP contribution in [0, 0.1) is 0 Å². The molecule has 0 unspecified atom stereocenters. The topological polar surface area (TPSA) is 135 Å². The van der Waals surface area contributed by atoms with Crippen LogP contribution < -0.4 is 21.9 Å². The van der Waals surface area contributed by atoms with E-state index in [0.29, 0.717) is 6.54 Å². The van der Waals surface area contributed by atoms with E-state index in [2.05, 4.69) is 20.6 Å². The average molecular weight is 479 g/mol. The monoisotopic (exact) mass is 478 g/mol. The summed E-state index contributed by atoms with van der Waals surface area (Å²) >= 11 is 6.00. The Morgan fingerprint density at radius 1 is 1.18 bits per heavy atom. The molecule has 0 atom stereocenters. The number of hydrogen-bond donors (Lipinski definition) is 4. The standard InChI is InChI=1S/C21H21ClF2N6O3/c22-16-10-28-19(29-12-21(23,24)18-15(31)6-3-7-26-18)20(33)30(16)11-17(32)27-9-14-5-2-1-4-13(14)8-25/h1-7,10,31H,8-9,11-12,25H2,(H,27,32)(H,28,29). The summed E-state index contributed by atoms with van der Waals surface area (Å²) in [6, 6.07) is 9.68. The number of nitrogens with zero attached hydrogens (tertiary/aromatic N) is 3. The molecule has 9 nitrogen and oxygen atoms in total. The lowest BCUT2D eigenvalue weighted by molar-refractivity contribution is -0.121. The van der Waals surface area contributed by atoms with Crippen molar-refractivity contribution in [3.63, 3.8) is 0 Å². The summed E-state index contributed by atoms with van der Waals surface area (Å²) < 4.78 is 29.8. The van der Waals surface area contributed by atoms with E-state index in [9.17, 15) is 23.5 Å². The number of anilines is 1. The summed E-state index contributed by atoms with van der Waals surface area (Å²) in [5.74, 6) is -5.24. The van der Waals surface area contributed by atoms with Gasteiger partial charge in [0.1, 0.15) is 17.4 Å². The molecule has 2 heterocycles. The fraction of sp³-hybridized carbons (Fsp3) is 0.238.